The van der Waals surface area contributed by atoms with E-state index in [4.69, 9.17) is 5.11 Å². The highest BCUT2D eigenvalue weighted by Gasteiger charge is 2.22. The molecule has 1 saturated heterocycles. The predicted molar refractivity (Wildman–Crippen MR) is 75.2 cm³/mol. The number of hydrogen-bond donors (Lipinski definition) is 1. The quantitative estimate of drug-likeness (QED) is 0.856. The van der Waals surface area contributed by atoms with Gasteiger partial charge in [0.05, 0.1) is 0 Å². The maximum Gasteiger partial charge on any atom is 0.328 e. The summed E-state index contributed by atoms with van der Waals surface area (Å²) < 4.78 is 0. The molecule has 2 rings (SSSR count). The van der Waals surface area contributed by atoms with Crippen molar-refractivity contribution in [2.24, 2.45) is 5.92 Å². The fraction of sp³-hybridized carbons (Fsp3) is 0.400. The Morgan fingerprint density at radius 2 is 2.10 bits per heavy atom. The molecular weight excluding hydrogens is 256 g/mol. The van der Waals surface area contributed by atoms with E-state index < -0.39 is 5.97 Å². The highest BCUT2D eigenvalue weighted by atomic mass is 16.4. The largest absolute Gasteiger partial charge is 0.478 e. The van der Waals surface area contributed by atoms with Crippen molar-refractivity contribution in [2.45, 2.75) is 19.8 Å². The zero-order valence-corrected chi connectivity index (χ0v) is 11.5. The van der Waals surface area contributed by atoms with Crippen LogP contribution in [-0.2, 0) is 4.79 Å². The molecule has 0 radical (unpaired) electrons. The van der Waals surface area contributed by atoms with Crippen LogP contribution in [0, 0.1) is 5.92 Å². The molecule has 0 unspecified atom stereocenters. The van der Waals surface area contributed by atoms with Crippen LogP contribution >= 0.6 is 0 Å². The van der Waals surface area contributed by atoms with Crippen LogP contribution < -0.4 is 0 Å². The highest BCUT2D eigenvalue weighted by Crippen LogP contribution is 2.19. The molecule has 20 heavy (non-hydrogen) atoms. The number of carboxylic acid groups (broad SMARTS) is 1. The Bertz CT molecular complexity index is 532. The summed E-state index contributed by atoms with van der Waals surface area (Å²) in [4.78, 5) is 28.9. The number of piperidine rings is 1. The number of amides is 1. The van der Waals surface area contributed by atoms with Gasteiger partial charge in [-0.15, -0.1) is 0 Å². The molecule has 1 N–H and O–H groups in total. The summed E-state index contributed by atoms with van der Waals surface area (Å²) in [5, 5.41) is 8.68. The van der Waals surface area contributed by atoms with E-state index in [1.807, 2.05) is 4.90 Å². The summed E-state index contributed by atoms with van der Waals surface area (Å²) >= 11 is 0. The van der Waals surface area contributed by atoms with Crippen LogP contribution in [0.2, 0.25) is 0 Å². The molecule has 1 aromatic heterocycles. The molecule has 1 aliphatic rings. The van der Waals surface area contributed by atoms with Crippen LogP contribution in [0.25, 0.3) is 6.08 Å². The van der Waals surface area contributed by atoms with Crippen molar-refractivity contribution in [3.8, 4) is 0 Å². The maximum atomic E-state index is 12.5. The van der Waals surface area contributed by atoms with Gasteiger partial charge >= 0.3 is 5.97 Å². The minimum atomic E-state index is -1.04. The minimum absolute atomic E-state index is 0.0515. The van der Waals surface area contributed by atoms with E-state index >= 15 is 0 Å². The number of rotatable bonds is 3. The molecule has 1 aliphatic heterocycles. The second-order valence-corrected chi connectivity index (χ2v) is 5.11. The van der Waals surface area contributed by atoms with Gasteiger partial charge in [-0.3, -0.25) is 9.78 Å². The fourth-order valence-electron chi connectivity index (χ4n) is 2.28. The molecule has 0 spiro atoms. The predicted octanol–water partition coefficient (Wildman–Crippen LogP) is 2.05. The van der Waals surface area contributed by atoms with Gasteiger partial charge in [-0.2, -0.15) is 0 Å². The first-order chi connectivity index (χ1) is 9.58. The fourth-order valence-corrected chi connectivity index (χ4v) is 2.28. The van der Waals surface area contributed by atoms with Crippen molar-refractivity contribution in [3.63, 3.8) is 0 Å². The molecule has 0 aliphatic carbocycles. The lowest BCUT2D eigenvalue weighted by atomic mass is 9.98. The molecule has 1 fully saturated rings. The molecule has 0 aromatic carbocycles. The molecule has 1 aromatic rings. The van der Waals surface area contributed by atoms with E-state index in [0.29, 0.717) is 17.0 Å². The first kappa shape index (κ1) is 14.2. The molecule has 5 heteroatoms. The van der Waals surface area contributed by atoms with Gasteiger partial charge in [0, 0.05) is 42.7 Å². The zero-order chi connectivity index (χ0) is 14.5. The summed E-state index contributed by atoms with van der Waals surface area (Å²) in [5.74, 6) is -0.439. The molecule has 0 saturated carbocycles. The van der Waals surface area contributed by atoms with E-state index in [2.05, 4.69) is 11.9 Å². The lowest BCUT2D eigenvalue weighted by Crippen LogP contribution is -2.38. The van der Waals surface area contributed by atoms with Gasteiger partial charge in [-0.25, -0.2) is 4.79 Å². The van der Waals surface area contributed by atoms with Gasteiger partial charge in [0.1, 0.15) is 0 Å². The second-order valence-electron chi connectivity index (χ2n) is 5.11. The number of carbonyl (C=O) groups excluding carboxylic acids is 1. The summed E-state index contributed by atoms with van der Waals surface area (Å²) in [6.45, 7) is 3.70. The van der Waals surface area contributed by atoms with Crippen molar-refractivity contribution < 1.29 is 14.7 Å². The SMILES string of the molecule is CC1CCN(C(=O)c2ccncc2C=CC(=O)O)CC1. The molecule has 106 valence electrons. The third kappa shape index (κ3) is 3.44. The van der Waals surface area contributed by atoms with Gasteiger partial charge in [0.2, 0.25) is 0 Å². The maximum absolute atomic E-state index is 12.5. The number of nitrogens with zero attached hydrogens (tertiary/aromatic N) is 2. The van der Waals surface area contributed by atoms with Crippen LogP contribution in [0.3, 0.4) is 0 Å². The first-order valence-electron chi connectivity index (χ1n) is 6.72. The number of pyridine rings is 1. The van der Waals surface area contributed by atoms with Gasteiger partial charge in [0.15, 0.2) is 0 Å². The first-order valence-corrected chi connectivity index (χ1v) is 6.72. The third-order valence-electron chi connectivity index (χ3n) is 3.56. The molecular formula is C15H18N2O3. The van der Waals surface area contributed by atoms with Gasteiger partial charge in [-0.05, 0) is 30.9 Å². The topological polar surface area (TPSA) is 70.5 Å². The lowest BCUT2D eigenvalue weighted by Gasteiger charge is -2.30. The Hall–Kier alpha value is -2.17. The summed E-state index contributed by atoms with van der Waals surface area (Å²) in [6, 6.07) is 1.64. The highest BCUT2D eigenvalue weighted by molar-refractivity contribution is 5.98. The summed E-state index contributed by atoms with van der Waals surface area (Å²) in [7, 11) is 0. The summed E-state index contributed by atoms with van der Waals surface area (Å²) in [5.41, 5.74) is 1.05. The molecule has 0 atom stereocenters. The van der Waals surface area contributed by atoms with Crippen LogP contribution in [0.1, 0.15) is 35.7 Å². The minimum Gasteiger partial charge on any atom is -0.478 e. The standard InChI is InChI=1S/C15H18N2O3/c1-11-5-8-17(9-6-11)15(20)13-4-7-16-10-12(13)2-3-14(18)19/h2-4,7,10-11H,5-6,8-9H2,1H3,(H,18,19). The normalized spacial score (nSPS) is 16.6. The Morgan fingerprint density at radius 1 is 1.40 bits per heavy atom. The van der Waals surface area contributed by atoms with Crippen LogP contribution in [0.4, 0.5) is 0 Å². The van der Waals surface area contributed by atoms with Crippen molar-refractivity contribution in [2.75, 3.05) is 13.1 Å². The Labute approximate surface area is 117 Å². The summed E-state index contributed by atoms with van der Waals surface area (Å²) in [6.07, 6.45) is 7.52. The molecule has 5 nitrogen and oxygen atoms in total. The van der Waals surface area contributed by atoms with Crippen LogP contribution in [0.5, 0.6) is 0 Å². The van der Waals surface area contributed by atoms with Crippen molar-refractivity contribution in [1.82, 2.24) is 9.88 Å². The Kier molecular flexibility index (Phi) is 4.50. The van der Waals surface area contributed by atoms with E-state index in [1.165, 1.54) is 12.3 Å². The van der Waals surface area contributed by atoms with Crippen LogP contribution in [-0.4, -0.2) is 40.0 Å². The average molecular weight is 274 g/mol. The second kappa shape index (κ2) is 6.32. The third-order valence-corrected chi connectivity index (χ3v) is 3.56. The number of aliphatic carboxylic acids is 1. The molecule has 2 heterocycles. The smallest absolute Gasteiger partial charge is 0.328 e. The van der Waals surface area contributed by atoms with E-state index in [-0.39, 0.29) is 5.91 Å². The van der Waals surface area contributed by atoms with Crippen molar-refractivity contribution in [1.29, 1.82) is 0 Å². The van der Waals surface area contributed by atoms with Gasteiger partial charge in [-0.1, -0.05) is 6.92 Å². The van der Waals surface area contributed by atoms with Crippen molar-refractivity contribution in [3.05, 3.63) is 35.7 Å². The Balaban J connectivity index is 2.19. The number of likely N-dealkylation sites (tertiary alicyclic amines) is 1. The average Bonchev–Trinajstić information content (AvgIpc) is 2.45. The number of carboxylic acids is 1. The number of aromatic nitrogens is 1. The van der Waals surface area contributed by atoms with E-state index in [9.17, 15) is 9.59 Å². The van der Waals surface area contributed by atoms with Gasteiger partial charge in [0.25, 0.3) is 5.91 Å². The zero-order valence-electron chi connectivity index (χ0n) is 11.5. The molecule has 0 bridgehead atoms. The van der Waals surface area contributed by atoms with Gasteiger partial charge < -0.3 is 10.0 Å². The number of carbonyl (C=O) groups is 2. The van der Waals surface area contributed by atoms with E-state index in [0.717, 1.165) is 32.0 Å². The van der Waals surface area contributed by atoms with E-state index in [1.54, 1.807) is 12.3 Å². The molecule has 1 amide bonds. The monoisotopic (exact) mass is 274 g/mol. The van der Waals surface area contributed by atoms with Crippen molar-refractivity contribution >= 4 is 18.0 Å². The number of hydrogen-bond acceptors (Lipinski definition) is 3. The lowest BCUT2D eigenvalue weighted by molar-refractivity contribution is -0.131. The van der Waals surface area contributed by atoms with Crippen LogP contribution in [0.15, 0.2) is 24.5 Å². The Morgan fingerprint density at radius 3 is 2.75 bits per heavy atom.